The van der Waals surface area contributed by atoms with Crippen molar-refractivity contribution in [2.24, 2.45) is 0 Å². The minimum Gasteiger partial charge on any atom is -0.258 e. The van der Waals surface area contributed by atoms with Crippen molar-refractivity contribution < 1.29 is 4.92 Å². The Morgan fingerprint density at radius 2 is 2.29 bits per heavy atom. The minimum absolute atomic E-state index is 0.0448. The number of halogens is 1. The molecule has 0 spiro atoms. The van der Waals surface area contributed by atoms with Crippen LogP contribution in [0.15, 0.2) is 12.1 Å². The van der Waals surface area contributed by atoms with E-state index in [1.54, 1.807) is 13.0 Å². The summed E-state index contributed by atoms with van der Waals surface area (Å²) in [5.74, 6) is 0. The molecule has 0 aliphatic rings. The van der Waals surface area contributed by atoms with Crippen molar-refractivity contribution in [1.29, 1.82) is 5.26 Å². The van der Waals surface area contributed by atoms with Crippen LogP contribution in [0.2, 0.25) is 5.02 Å². The molecule has 0 aliphatic carbocycles. The van der Waals surface area contributed by atoms with Crippen LogP contribution in [0.25, 0.3) is 0 Å². The average molecular weight is 211 g/mol. The first kappa shape index (κ1) is 10.5. The quantitative estimate of drug-likeness (QED) is 0.557. The van der Waals surface area contributed by atoms with Crippen molar-refractivity contribution in [3.63, 3.8) is 0 Å². The summed E-state index contributed by atoms with van der Waals surface area (Å²) in [4.78, 5) is 10.1. The van der Waals surface area contributed by atoms with Gasteiger partial charge < -0.3 is 0 Å². The molecule has 72 valence electrons. The van der Waals surface area contributed by atoms with Crippen LogP contribution >= 0.6 is 11.6 Å². The molecule has 1 rings (SSSR count). The second-order valence-electron chi connectivity index (χ2n) is 2.79. The lowest BCUT2D eigenvalue weighted by Gasteiger charge is -2.03. The van der Waals surface area contributed by atoms with Gasteiger partial charge in [-0.15, -0.1) is 0 Å². The van der Waals surface area contributed by atoms with Crippen molar-refractivity contribution in [1.82, 2.24) is 0 Å². The molecule has 5 heteroatoms. The second-order valence-corrected chi connectivity index (χ2v) is 3.16. The van der Waals surface area contributed by atoms with Crippen LogP contribution in [0.4, 0.5) is 5.69 Å². The molecule has 0 amide bonds. The summed E-state index contributed by atoms with van der Waals surface area (Å²) in [6, 6.07) is 4.80. The Morgan fingerprint density at radius 1 is 1.64 bits per heavy atom. The molecule has 0 bridgehead atoms. The van der Waals surface area contributed by atoms with Crippen molar-refractivity contribution in [3.8, 4) is 6.07 Å². The van der Waals surface area contributed by atoms with E-state index >= 15 is 0 Å². The fourth-order valence-corrected chi connectivity index (χ4v) is 1.37. The molecule has 0 atom stereocenters. The van der Waals surface area contributed by atoms with Gasteiger partial charge in [-0.2, -0.15) is 5.26 Å². The molecule has 1 aromatic carbocycles. The SMILES string of the molecule is Cc1ccc([N+](=O)[O-])c(CC#N)c1Cl. The normalized spacial score (nSPS) is 9.50. The summed E-state index contributed by atoms with van der Waals surface area (Å²) >= 11 is 5.87. The van der Waals surface area contributed by atoms with Crippen molar-refractivity contribution >= 4 is 17.3 Å². The first-order chi connectivity index (χ1) is 6.57. The summed E-state index contributed by atoms with van der Waals surface area (Å²) in [5.41, 5.74) is 0.934. The highest BCUT2D eigenvalue weighted by atomic mass is 35.5. The van der Waals surface area contributed by atoms with Gasteiger partial charge in [0, 0.05) is 6.07 Å². The zero-order valence-electron chi connectivity index (χ0n) is 7.45. The van der Waals surface area contributed by atoms with Gasteiger partial charge in [0.15, 0.2) is 0 Å². The molecule has 0 fully saturated rings. The molecule has 4 nitrogen and oxygen atoms in total. The Labute approximate surface area is 85.9 Å². The molecular weight excluding hydrogens is 204 g/mol. The predicted molar refractivity (Wildman–Crippen MR) is 52.2 cm³/mol. The summed E-state index contributed by atoms with van der Waals surface area (Å²) in [5, 5.41) is 19.4. The number of hydrogen-bond donors (Lipinski definition) is 0. The third-order valence-electron chi connectivity index (χ3n) is 1.86. The van der Waals surface area contributed by atoms with Crippen LogP contribution in [0.3, 0.4) is 0 Å². The molecule has 0 aromatic heterocycles. The topological polar surface area (TPSA) is 66.9 Å². The smallest absolute Gasteiger partial charge is 0.258 e. The van der Waals surface area contributed by atoms with Crippen molar-refractivity contribution in [2.45, 2.75) is 13.3 Å². The fraction of sp³-hybridized carbons (Fsp3) is 0.222. The van der Waals surface area contributed by atoms with Gasteiger partial charge in [-0.3, -0.25) is 10.1 Å². The molecular formula is C9H7ClN2O2. The van der Waals surface area contributed by atoms with Crippen LogP contribution in [0.5, 0.6) is 0 Å². The molecule has 1 aromatic rings. The molecule has 0 aliphatic heterocycles. The number of nitriles is 1. The Morgan fingerprint density at radius 3 is 2.79 bits per heavy atom. The number of nitrogens with zero attached hydrogens (tertiary/aromatic N) is 2. The van der Waals surface area contributed by atoms with Crippen LogP contribution < -0.4 is 0 Å². The lowest BCUT2D eigenvalue weighted by atomic mass is 10.1. The van der Waals surface area contributed by atoms with Gasteiger partial charge in [0.1, 0.15) is 0 Å². The van der Waals surface area contributed by atoms with Crippen LogP contribution in [-0.4, -0.2) is 4.92 Å². The highest BCUT2D eigenvalue weighted by Gasteiger charge is 2.17. The zero-order chi connectivity index (χ0) is 10.7. The summed E-state index contributed by atoms with van der Waals surface area (Å²) in [6.45, 7) is 1.74. The molecule has 0 saturated carbocycles. The Balaban J connectivity index is 3.39. The van der Waals surface area contributed by atoms with Gasteiger partial charge in [-0.05, 0) is 12.5 Å². The number of nitro benzene ring substituents is 1. The number of rotatable bonds is 2. The first-order valence-electron chi connectivity index (χ1n) is 3.87. The van der Waals surface area contributed by atoms with E-state index in [-0.39, 0.29) is 12.1 Å². The maximum atomic E-state index is 10.6. The average Bonchev–Trinajstić information content (AvgIpc) is 2.13. The van der Waals surface area contributed by atoms with Gasteiger partial charge in [0.25, 0.3) is 5.69 Å². The number of aryl methyl sites for hydroxylation is 1. The van der Waals surface area contributed by atoms with Crippen LogP contribution in [0, 0.1) is 28.4 Å². The Hall–Kier alpha value is -1.60. The first-order valence-corrected chi connectivity index (χ1v) is 4.25. The van der Waals surface area contributed by atoms with E-state index in [1.807, 2.05) is 6.07 Å². The molecule has 0 saturated heterocycles. The molecule has 0 N–H and O–H groups in total. The Kier molecular flexibility index (Phi) is 3.05. The van der Waals surface area contributed by atoms with Crippen molar-refractivity contribution in [2.75, 3.05) is 0 Å². The number of benzene rings is 1. The number of hydrogen-bond acceptors (Lipinski definition) is 3. The highest BCUT2D eigenvalue weighted by molar-refractivity contribution is 6.32. The van der Waals surface area contributed by atoms with E-state index in [4.69, 9.17) is 16.9 Å². The third-order valence-corrected chi connectivity index (χ3v) is 2.39. The predicted octanol–water partition coefficient (Wildman–Crippen LogP) is 2.62. The van der Waals surface area contributed by atoms with Gasteiger partial charge in [-0.25, -0.2) is 0 Å². The van der Waals surface area contributed by atoms with Gasteiger partial charge in [0.05, 0.1) is 28.0 Å². The lowest BCUT2D eigenvalue weighted by Crippen LogP contribution is -1.96. The maximum absolute atomic E-state index is 10.6. The van der Waals surface area contributed by atoms with E-state index in [9.17, 15) is 10.1 Å². The summed E-state index contributed by atoms with van der Waals surface area (Å²) in [7, 11) is 0. The second kappa shape index (κ2) is 4.07. The largest absolute Gasteiger partial charge is 0.275 e. The van der Waals surface area contributed by atoms with E-state index in [0.717, 1.165) is 5.56 Å². The molecule has 14 heavy (non-hydrogen) atoms. The van der Waals surface area contributed by atoms with E-state index in [0.29, 0.717) is 10.6 Å². The number of nitro groups is 1. The highest BCUT2D eigenvalue weighted by Crippen LogP contribution is 2.29. The van der Waals surface area contributed by atoms with Crippen LogP contribution in [-0.2, 0) is 6.42 Å². The Bertz CT molecular complexity index is 424. The third kappa shape index (κ3) is 1.83. The van der Waals surface area contributed by atoms with Crippen molar-refractivity contribution in [3.05, 3.63) is 38.4 Å². The molecule has 0 heterocycles. The minimum atomic E-state index is -0.530. The molecule has 0 unspecified atom stereocenters. The summed E-state index contributed by atoms with van der Waals surface area (Å²) in [6.07, 6.45) is -0.0448. The monoisotopic (exact) mass is 210 g/mol. The maximum Gasteiger partial charge on any atom is 0.275 e. The lowest BCUT2D eigenvalue weighted by molar-refractivity contribution is -0.385. The van der Waals surface area contributed by atoms with Gasteiger partial charge in [0.2, 0.25) is 0 Å². The zero-order valence-corrected chi connectivity index (χ0v) is 8.21. The summed E-state index contributed by atoms with van der Waals surface area (Å²) < 4.78 is 0. The fourth-order valence-electron chi connectivity index (χ4n) is 1.15. The van der Waals surface area contributed by atoms with Gasteiger partial charge in [-0.1, -0.05) is 17.7 Å². The standard InChI is InChI=1S/C9H7ClN2O2/c1-6-2-3-8(12(13)14)7(4-5-11)9(6)10/h2-3H,4H2,1H3. The van der Waals surface area contributed by atoms with E-state index in [2.05, 4.69) is 0 Å². The van der Waals surface area contributed by atoms with Crippen LogP contribution in [0.1, 0.15) is 11.1 Å². The van der Waals surface area contributed by atoms with E-state index in [1.165, 1.54) is 6.07 Å². The van der Waals surface area contributed by atoms with Gasteiger partial charge >= 0.3 is 0 Å². The van der Waals surface area contributed by atoms with E-state index < -0.39 is 4.92 Å². The molecule has 0 radical (unpaired) electrons.